The molecule has 0 aliphatic rings. The van der Waals surface area contributed by atoms with Gasteiger partial charge in [-0.3, -0.25) is 10.0 Å². The Morgan fingerprint density at radius 2 is 1.89 bits per heavy atom. The molecule has 0 aliphatic carbocycles. The van der Waals surface area contributed by atoms with E-state index < -0.39 is 5.91 Å². The van der Waals surface area contributed by atoms with Crippen LogP contribution >= 0.6 is 11.3 Å². The van der Waals surface area contributed by atoms with Gasteiger partial charge in [-0.15, -0.1) is 11.3 Å². The zero-order valence-electron chi connectivity index (χ0n) is 15.2. The number of rotatable bonds is 7. The fourth-order valence-electron chi connectivity index (χ4n) is 3.27. The number of para-hydroxylation sites is 1. The summed E-state index contributed by atoms with van der Waals surface area (Å²) in [7, 11) is 0. The van der Waals surface area contributed by atoms with Gasteiger partial charge in [-0.05, 0) is 52.7 Å². The highest BCUT2D eigenvalue weighted by molar-refractivity contribution is 7.12. The monoisotopic (exact) mass is 391 g/mol. The Hall–Kier alpha value is -2.93. The molecule has 0 saturated heterocycles. The normalized spacial score (nSPS) is 11.0. The number of carbonyl (C=O) groups excluding carboxylic acids is 1. The summed E-state index contributed by atoms with van der Waals surface area (Å²) >= 11 is 1.31. The van der Waals surface area contributed by atoms with Crippen molar-refractivity contribution in [1.82, 2.24) is 15.8 Å². The lowest BCUT2D eigenvalue weighted by molar-refractivity contribution is 0.0711. The van der Waals surface area contributed by atoms with Crippen LogP contribution < -0.4 is 10.8 Å². The largest absolute Gasteiger partial charge is 0.361 e. The zero-order valence-corrected chi connectivity index (χ0v) is 16.1. The van der Waals surface area contributed by atoms with Gasteiger partial charge in [0.2, 0.25) is 0 Å². The molecule has 28 heavy (non-hydrogen) atoms. The molecule has 2 heterocycles. The lowest BCUT2D eigenvalue weighted by Gasteiger charge is -2.06. The Labute approximate surface area is 167 Å². The second-order valence-corrected chi connectivity index (χ2v) is 7.53. The number of aromatic nitrogens is 1. The average Bonchev–Trinajstić information content (AvgIpc) is 3.39. The third-order valence-corrected chi connectivity index (χ3v) is 5.72. The number of hydroxylamine groups is 1. The van der Waals surface area contributed by atoms with Crippen LogP contribution in [0.15, 0.2) is 66.2 Å². The molecule has 4 N–H and O–H groups in total. The molecule has 0 atom stereocenters. The minimum Gasteiger partial charge on any atom is -0.361 e. The molecule has 0 aliphatic heterocycles. The molecule has 4 rings (SSSR count). The van der Waals surface area contributed by atoms with Crippen molar-refractivity contribution in [2.24, 2.45) is 0 Å². The first kappa shape index (κ1) is 18.4. The summed E-state index contributed by atoms with van der Waals surface area (Å²) in [6, 6.07) is 18.4. The van der Waals surface area contributed by atoms with Crippen molar-refractivity contribution >= 4 is 28.1 Å². The number of carbonyl (C=O) groups is 1. The second-order valence-electron chi connectivity index (χ2n) is 6.62. The standard InChI is InChI=1S/C22H21N3O2S/c26-22(25-27)21-11-18(14-28-21)16-7-5-15(6-8-16)12-23-10-9-17-13-24-20-4-2-1-3-19(17)20/h1-8,11,13-14,23-24,27H,9-10,12H2,(H,25,26). The Bertz CT molecular complexity index is 1080. The summed E-state index contributed by atoms with van der Waals surface area (Å²) in [4.78, 5) is 15.3. The van der Waals surface area contributed by atoms with Crippen LogP contribution in [0.3, 0.4) is 0 Å². The number of fused-ring (bicyclic) bond motifs is 1. The average molecular weight is 391 g/mol. The van der Waals surface area contributed by atoms with Crippen LogP contribution in [0.5, 0.6) is 0 Å². The maximum Gasteiger partial charge on any atom is 0.284 e. The molecule has 2 aromatic heterocycles. The minimum absolute atomic E-state index is 0.479. The third-order valence-electron chi connectivity index (χ3n) is 4.79. The number of nitrogens with one attached hydrogen (secondary N) is 3. The summed E-state index contributed by atoms with van der Waals surface area (Å²) in [5.74, 6) is -0.479. The van der Waals surface area contributed by atoms with Gasteiger partial charge in [0.15, 0.2) is 0 Å². The van der Waals surface area contributed by atoms with Crippen molar-refractivity contribution in [2.45, 2.75) is 13.0 Å². The molecule has 0 radical (unpaired) electrons. The van der Waals surface area contributed by atoms with Crippen molar-refractivity contribution in [3.8, 4) is 11.1 Å². The van der Waals surface area contributed by atoms with Gasteiger partial charge in [-0.1, -0.05) is 42.5 Å². The Morgan fingerprint density at radius 1 is 1.07 bits per heavy atom. The third kappa shape index (κ3) is 3.99. The predicted octanol–water partition coefficient (Wildman–Crippen LogP) is 4.35. The molecular weight excluding hydrogens is 370 g/mol. The zero-order chi connectivity index (χ0) is 19.3. The van der Waals surface area contributed by atoms with E-state index in [1.807, 2.05) is 11.4 Å². The number of thiophene rings is 1. The van der Waals surface area contributed by atoms with Gasteiger partial charge in [-0.2, -0.15) is 0 Å². The van der Waals surface area contributed by atoms with E-state index in [0.717, 1.165) is 30.6 Å². The first-order valence-corrected chi connectivity index (χ1v) is 10.0. The minimum atomic E-state index is -0.479. The number of hydrogen-bond donors (Lipinski definition) is 4. The topological polar surface area (TPSA) is 77.2 Å². The Balaban J connectivity index is 1.31. The van der Waals surface area contributed by atoms with Crippen LogP contribution in [-0.4, -0.2) is 22.6 Å². The van der Waals surface area contributed by atoms with Gasteiger partial charge in [0, 0.05) is 23.6 Å². The first-order chi connectivity index (χ1) is 13.7. The summed E-state index contributed by atoms with van der Waals surface area (Å²) in [5, 5.41) is 15.4. The second kappa shape index (κ2) is 8.39. The van der Waals surface area contributed by atoms with Gasteiger partial charge in [0.25, 0.3) is 5.91 Å². The van der Waals surface area contributed by atoms with Gasteiger partial charge in [-0.25, -0.2) is 5.48 Å². The highest BCUT2D eigenvalue weighted by Gasteiger charge is 2.09. The van der Waals surface area contributed by atoms with Gasteiger partial charge in [0.1, 0.15) is 0 Å². The molecule has 0 unspecified atom stereocenters. The van der Waals surface area contributed by atoms with Crippen LogP contribution in [0.2, 0.25) is 0 Å². The van der Waals surface area contributed by atoms with Crippen LogP contribution in [0, 0.1) is 0 Å². The lowest BCUT2D eigenvalue weighted by Crippen LogP contribution is -2.16. The number of amides is 1. The number of benzene rings is 2. The molecule has 4 aromatic rings. The molecule has 0 fully saturated rings. The first-order valence-electron chi connectivity index (χ1n) is 9.12. The van der Waals surface area contributed by atoms with Crippen LogP contribution in [0.25, 0.3) is 22.0 Å². The van der Waals surface area contributed by atoms with Gasteiger partial charge >= 0.3 is 0 Å². The van der Waals surface area contributed by atoms with Crippen LogP contribution in [0.4, 0.5) is 0 Å². The van der Waals surface area contributed by atoms with Gasteiger partial charge < -0.3 is 10.3 Å². The van der Waals surface area contributed by atoms with Crippen LogP contribution in [0.1, 0.15) is 20.8 Å². The smallest absolute Gasteiger partial charge is 0.284 e. The SMILES string of the molecule is O=C(NO)c1cc(-c2ccc(CNCCc3c[nH]c4ccccc34)cc2)cs1. The molecule has 0 bridgehead atoms. The highest BCUT2D eigenvalue weighted by atomic mass is 32.1. The summed E-state index contributed by atoms with van der Waals surface area (Å²) in [6.07, 6.45) is 3.07. The van der Waals surface area contributed by atoms with Crippen molar-refractivity contribution in [2.75, 3.05) is 6.54 Å². The molecule has 142 valence electrons. The highest BCUT2D eigenvalue weighted by Crippen LogP contribution is 2.26. The number of H-pyrrole nitrogens is 1. The summed E-state index contributed by atoms with van der Waals surface area (Å²) in [6.45, 7) is 1.72. The van der Waals surface area contributed by atoms with E-state index in [2.05, 4.69) is 59.0 Å². The fourth-order valence-corrected chi connectivity index (χ4v) is 4.08. The van der Waals surface area contributed by atoms with Crippen molar-refractivity contribution in [3.63, 3.8) is 0 Å². The molecule has 1 amide bonds. The number of aromatic amines is 1. The predicted molar refractivity (Wildman–Crippen MR) is 113 cm³/mol. The fraction of sp³-hybridized carbons (Fsp3) is 0.136. The molecule has 2 aromatic carbocycles. The maximum atomic E-state index is 11.5. The maximum absolute atomic E-state index is 11.5. The van der Waals surface area contributed by atoms with E-state index in [4.69, 9.17) is 5.21 Å². The van der Waals surface area contributed by atoms with Gasteiger partial charge in [0.05, 0.1) is 4.88 Å². The Kier molecular flexibility index (Phi) is 5.53. The van der Waals surface area contributed by atoms with E-state index in [1.165, 1.54) is 33.4 Å². The van der Waals surface area contributed by atoms with Crippen LogP contribution in [-0.2, 0) is 13.0 Å². The summed E-state index contributed by atoms with van der Waals surface area (Å²) < 4.78 is 0. The van der Waals surface area contributed by atoms with Crippen molar-refractivity contribution in [3.05, 3.63) is 82.2 Å². The molecule has 6 heteroatoms. The number of hydrogen-bond acceptors (Lipinski definition) is 4. The van der Waals surface area contributed by atoms with E-state index in [0.29, 0.717) is 4.88 Å². The molecule has 0 spiro atoms. The van der Waals surface area contributed by atoms with E-state index in [9.17, 15) is 4.79 Å². The van der Waals surface area contributed by atoms with Crippen molar-refractivity contribution < 1.29 is 10.0 Å². The van der Waals surface area contributed by atoms with E-state index in [-0.39, 0.29) is 0 Å². The quantitative estimate of drug-likeness (QED) is 0.215. The van der Waals surface area contributed by atoms with E-state index >= 15 is 0 Å². The molecule has 5 nitrogen and oxygen atoms in total. The Morgan fingerprint density at radius 3 is 2.71 bits per heavy atom. The lowest BCUT2D eigenvalue weighted by atomic mass is 10.1. The molecule has 0 saturated carbocycles. The van der Waals surface area contributed by atoms with E-state index in [1.54, 1.807) is 11.5 Å². The summed E-state index contributed by atoms with van der Waals surface area (Å²) in [5.41, 5.74) is 7.42. The molecular formula is C22H21N3O2S. The van der Waals surface area contributed by atoms with Crippen molar-refractivity contribution in [1.29, 1.82) is 0 Å².